The number of hydrogen-bond donors (Lipinski definition) is 2. The van der Waals surface area contributed by atoms with Crippen LogP contribution >= 0.6 is 0 Å². The van der Waals surface area contributed by atoms with Crippen LogP contribution in [0.2, 0.25) is 0 Å². The summed E-state index contributed by atoms with van der Waals surface area (Å²) in [5.41, 5.74) is 0.104. The Labute approximate surface area is 123 Å². The molecular weight excluding hydrogens is 281 g/mol. The molecule has 0 unspecified atom stereocenters. The molecule has 1 rings (SSSR count). The van der Waals surface area contributed by atoms with Gasteiger partial charge in [0.25, 0.3) is 0 Å². The highest BCUT2D eigenvalue weighted by Crippen LogP contribution is 2.37. The molecular formula is C15H23F3N2O. The minimum absolute atomic E-state index is 0.138. The average Bonchev–Trinajstić information content (AvgIpc) is 2.44. The Kier molecular flexibility index (Phi) is 6.98. The first-order chi connectivity index (χ1) is 9.93. The van der Waals surface area contributed by atoms with Gasteiger partial charge in [-0.15, -0.1) is 0 Å². The van der Waals surface area contributed by atoms with Crippen LogP contribution in [0.25, 0.3) is 0 Å². The van der Waals surface area contributed by atoms with Crippen LogP contribution in [0.15, 0.2) is 18.2 Å². The van der Waals surface area contributed by atoms with Crippen LogP contribution in [0, 0.1) is 0 Å². The third-order valence-electron chi connectivity index (χ3n) is 3.15. The van der Waals surface area contributed by atoms with Crippen LogP contribution < -0.4 is 10.2 Å². The molecule has 2 N–H and O–H groups in total. The minimum Gasteiger partial charge on any atom is -0.395 e. The Morgan fingerprint density at radius 1 is 1.19 bits per heavy atom. The van der Waals surface area contributed by atoms with Gasteiger partial charge < -0.3 is 15.3 Å². The fourth-order valence-electron chi connectivity index (χ4n) is 2.21. The number of halogens is 3. The molecule has 120 valence electrons. The van der Waals surface area contributed by atoms with Crippen LogP contribution in [0.3, 0.4) is 0 Å². The average molecular weight is 304 g/mol. The topological polar surface area (TPSA) is 35.5 Å². The largest absolute Gasteiger partial charge is 0.418 e. The van der Waals surface area contributed by atoms with E-state index in [0.717, 1.165) is 6.42 Å². The van der Waals surface area contributed by atoms with Crippen molar-refractivity contribution in [3.63, 3.8) is 0 Å². The van der Waals surface area contributed by atoms with Gasteiger partial charge in [-0.3, -0.25) is 0 Å². The second-order valence-corrected chi connectivity index (χ2v) is 4.84. The maximum atomic E-state index is 13.3. The highest BCUT2D eigenvalue weighted by atomic mass is 19.4. The van der Waals surface area contributed by atoms with Crippen molar-refractivity contribution in [2.24, 2.45) is 0 Å². The number of aliphatic hydroxyl groups excluding tert-OH is 1. The first-order valence-corrected chi connectivity index (χ1v) is 7.20. The number of hydrogen-bond acceptors (Lipinski definition) is 3. The normalized spacial score (nSPS) is 11.7. The van der Waals surface area contributed by atoms with Gasteiger partial charge in [0.15, 0.2) is 0 Å². The summed E-state index contributed by atoms with van der Waals surface area (Å²) in [6, 6.07) is 4.39. The maximum absolute atomic E-state index is 13.3. The Morgan fingerprint density at radius 2 is 1.90 bits per heavy atom. The van der Waals surface area contributed by atoms with Gasteiger partial charge in [0.05, 0.1) is 12.2 Å². The molecule has 0 aliphatic rings. The van der Waals surface area contributed by atoms with Crippen molar-refractivity contribution >= 4 is 5.69 Å². The molecule has 1 aromatic rings. The van der Waals surface area contributed by atoms with Crippen molar-refractivity contribution in [1.82, 2.24) is 5.32 Å². The van der Waals surface area contributed by atoms with E-state index in [-0.39, 0.29) is 18.8 Å². The standard InChI is InChI=1S/C15H23F3N2O/c1-3-7-20(8-9-21)14-6-5-12(11-19-4-2)10-13(14)15(16,17)18/h5-6,10,19,21H,3-4,7-9,11H2,1-2H3. The van der Waals surface area contributed by atoms with Crippen molar-refractivity contribution in [3.05, 3.63) is 29.3 Å². The Bertz CT molecular complexity index is 429. The second-order valence-electron chi connectivity index (χ2n) is 4.84. The van der Waals surface area contributed by atoms with Gasteiger partial charge in [0.1, 0.15) is 0 Å². The number of alkyl halides is 3. The zero-order valence-corrected chi connectivity index (χ0v) is 12.5. The van der Waals surface area contributed by atoms with Gasteiger partial charge in [-0.1, -0.05) is 19.9 Å². The van der Waals surface area contributed by atoms with Crippen LogP contribution in [0.1, 0.15) is 31.4 Å². The summed E-state index contributed by atoms with van der Waals surface area (Å²) in [7, 11) is 0. The van der Waals surface area contributed by atoms with E-state index in [1.807, 2.05) is 13.8 Å². The highest BCUT2D eigenvalue weighted by molar-refractivity contribution is 5.56. The number of anilines is 1. The molecule has 0 bridgehead atoms. The lowest BCUT2D eigenvalue weighted by molar-refractivity contribution is -0.137. The first-order valence-electron chi connectivity index (χ1n) is 7.20. The SMILES string of the molecule is CCCN(CCO)c1ccc(CNCC)cc1C(F)(F)F. The first kappa shape index (κ1) is 17.8. The molecule has 0 aromatic heterocycles. The quantitative estimate of drug-likeness (QED) is 0.775. The molecule has 0 radical (unpaired) electrons. The summed E-state index contributed by atoms with van der Waals surface area (Å²) in [4.78, 5) is 1.58. The number of aliphatic hydroxyl groups is 1. The molecule has 0 saturated carbocycles. The van der Waals surface area contributed by atoms with Crippen LogP contribution in [-0.4, -0.2) is 31.3 Å². The van der Waals surface area contributed by atoms with Gasteiger partial charge in [-0.2, -0.15) is 13.2 Å². The fourth-order valence-corrected chi connectivity index (χ4v) is 2.21. The zero-order valence-electron chi connectivity index (χ0n) is 12.5. The zero-order chi connectivity index (χ0) is 15.9. The number of rotatable bonds is 8. The molecule has 0 aliphatic carbocycles. The smallest absolute Gasteiger partial charge is 0.395 e. The van der Waals surface area contributed by atoms with E-state index >= 15 is 0 Å². The fraction of sp³-hybridized carbons (Fsp3) is 0.600. The van der Waals surface area contributed by atoms with E-state index in [0.29, 0.717) is 25.2 Å². The van der Waals surface area contributed by atoms with Gasteiger partial charge in [-0.05, 0) is 30.7 Å². The Balaban J connectivity index is 3.16. The second kappa shape index (κ2) is 8.24. The molecule has 0 amide bonds. The van der Waals surface area contributed by atoms with Gasteiger partial charge in [0.2, 0.25) is 0 Å². The van der Waals surface area contributed by atoms with E-state index in [1.165, 1.54) is 12.1 Å². The third-order valence-corrected chi connectivity index (χ3v) is 3.15. The van der Waals surface area contributed by atoms with E-state index in [4.69, 9.17) is 5.11 Å². The maximum Gasteiger partial charge on any atom is 0.418 e. The molecule has 6 heteroatoms. The molecule has 21 heavy (non-hydrogen) atoms. The van der Waals surface area contributed by atoms with E-state index in [2.05, 4.69) is 5.32 Å². The Morgan fingerprint density at radius 3 is 2.43 bits per heavy atom. The number of nitrogens with one attached hydrogen (secondary N) is 1. The summed E-state index contributed by atoms with van der Waals surface area (Å²) in [5.74, 6) is 0. The summed E-state index contributed by atoms with van der Waals surface area (Å²) in [5, 5.41) is 12.1. The van der Waals surface area contributed by atoms with Crippen molar-refractivity contribution in [2.75, 3.05) is 31.1 Å². The summed E-state index contributed by atoms with van der Waals surface area (Å²) >= 11 is 0. The minimum atomic E-state index is -4.40. The van der Waals surface area contributed by atoms with Crippen molar-refractivity contribution in [1.29, 1.82) is 0 Å². The lowest BCUT2D eigenvalue weighted by atomic mass is 10.1. The van der Waals surface area contributed by atoms with Crippen LogP contribution in [-0.2, 0) is 12.7 Å². The summed E-state index contributed by atoms with van der Waals surface area (Å²) < 4.78 is 39.8. The predicted octanol–water partition coefficient (Wildman–Crippen LogP) is 3.02. The van der Waals surface area contributed by atoms with Crippen molar-refractivity contribution < 1.29 is 18.3 Å². The molecule has 0 heterocycles. The number of benzene rings is 1. The predicted molar refractivity (Wildman–Crippen MR) is 78.4 cm³/mol. The molecule has 0 saturated heterocycles. The highest BCUT2D eigenvalue weighted by Gasteiger charge is 2.35. The van der Waals surface area contributed by atoms with Gasteiger partial charge >= 0.3 is 6.18 Å². The van der Waals surface area contributed by atoms with Crippen LogP contribution in [0.4, 0.5) is 18.9 Å². The number of nitrogens with zero attached hydrogens (tertiary/aromatic N) is 1. The van der Waals surface area contributed by atoms with Crippen LogP contribution in [0.5, 0.6) is 0 Å². The summed E-state index contributed by atoms with van der Waals surface area (Å²) in [6.45, 7) is 5.43. The Hall–Kier alpha value is -1.27. The lowest BCUT2D eigenvalue weighted by Crippen LogP contribution is -2.30. The summed E-state index contributed by atoms with van der Waals surface area (Å²) in [6.07, 6.45) is -3.69. The van der Waals surface area contributed by atoms with Crippen molar-refractivity contribution in [2.45, 2.75) is 33.0 Å². The van der Waals surface area contributed by atoms with E-state index < -0.39 is 11.7 Å². The lowest BCUT2D eigenvalue weighted by Gasteiger charge is -2.27. The molecule has 1 aromatic carbocycles. The molecule has 0 atom stereocenters. The molecule has 0 fully saturated rings. The van der Waals surface area contributed by atoms with Gasteiger partial charge in [0, 0.05) is 25.3 Å². The molecule has 3 nitrogen and oxygen atoms in total. The monoisotopic (exact) mass is 304 g/mol. The molecule has 0 spiro atoms. The van der Waals surface area contributed by atoms with E-state index in [1.54, 1.807) is 11.0 Å². The van der Waals surface area contributed by atoms with Crippen molar-refractivity contribution in [3.8, 4) is 0 Å². The van der Waals surface area contributed by atoms with Gasteiger partial charge in [-0.25, -0.2) is 0 Å². The third kappa shape index (κ3) is 5.21. The molecule has 0 aliphatic heterocycles. The van der Waals surface area contributed by atoms with E-state index in [9.17, 15) is 13.2 Å².